The van der Waals surface area contributed by atoms with E-state index in [0.717, 1.165) is 22.6 Å². The Balaban J connectivity index is 1.79. The molecule has 23 heteroatoms. The van der Waals surface area contributed by atoms with Crippen molar-refractivity contribution in [2.45, 2.75) is 130 Å². The van der Waals surface area contributed by atoms with Gasteiger partial charge in [-0.1, -0.05) is 33.8 Å². The highest BCUT2D eigenvalue weighted by Gasteiger charge is 2.28. The predicted octanol–water partition coefficient (Wildman–Crippen LogP) is 2.87. The van der Waals surface area contributed by atoms with Crippen LogP contribution in [0.25, 0.3) is 0 Å². The molecule has 8 amide bonds. The molecule has 8 N–H and O–H groups in total. The van der Waals surface area contributed by atoms with Crippen LogP contribution < -0.4 is 31.9 Å². The Hall–Kier alpha value is -6.17. The number of carbonyl (C=O) groups is 9. The van der Waals surface area contributed by atoms with E-state index in [-0.39, 0.29) is 145 Å². The molecule has 2 rings (SSSR count). The van der Waals surface area contributed by atoms with Crippen LogP contribution in [-0.2, 0) is 68.5 Å². The molecule has 1 aromatic carbocycles. The number of carboxylic acids is 1. The second-order valence-electron chi connectivity index (χ2n) is 19.8. The molecule has 0 saturated carbocycles. The number of phenols is 1. The van der Waals surface area contributed by atoms with Gasteiger partial charge in [0.05, 0.1) is 58.5 Å². The molecule has 0 saturated heterocycles. The highest BCUT2D eigenvalue weighted by atomic mass is 16.6. The maximum Gasteiger partial charge on any atom is 0.407 e. The summed E-state index contributed by atoms with van der Waals surface area (Å²) in [6.45, 7) is 16.4. The number of imide groups is 1. The van der Waals surface area contributed by atoms with Gasteiger partial charge in [-0.2, -0.15) is 0 Å². The lowest BCUT2D eigenvalue weighted by Gasteiger charge is -2.32. The molecule has 1 aromatic rings. The van der Waals surface area contributed by atoms with Crippen LogP contribution in [0.5, 0.6) is 5.75 Å². The molecule has 416 valence electrons. The van der Waals surface area contributed by atoms with Crippen LogP contribution in [-0.4, -0.2) is 165 Å². The van der Waals surface area contributed by atoms with Gasteiger partial charge in [0.2, 0.25) is 29.5 Å². The van der Waals surface area contributed by atoms with E-state index in [1.54, 1.807) is 32.9 Å². The third kappa shape index (κ3) is 29.5. The third-order valence-corrected chi connectivity index (χ3v) is 11.4. The summed E-state index contributed by atoms with van der Waals surface area (Å²) in [5.41, 5.74) is 0.0734. The summed E-state index contributed by atoms with van der Waals surface area (Å²) in [6, 6.07) is 3.39. The summed E-state index contributed by atoms with van der Waals surface area (Å²) in [6.07, 6.45) is 3.55. The van der Waals surface area contributed by atoms with Crippen molar-refractivity contribution >= 4 is 59.1 Å². The molecular weight excluding hydrogens is 967 g/mol. The minimum Gasteiger partial charge on any atom is -0.506 e. The lowest BCUT2D eigenvalue weighted by atomic mass is 9.78. The smallest absolute Gasteiger partial charge is 0.407 e. The zero-order valence-electron chi connectivity index (χ0n) is 44.2. The number of carboxylic acid groups (broad SMARTS) is 1. The van der Waals surface area contributed by atoms with Gasteiger partial charge in [0.15, 0.2) is 0 Å². The molecule has 0 aliphatic carbocycles. The number of anilines is 1. The Morgan fingerprint density at radius 1 is 0.662 bits per heavy atom. The topological polar surface area (TPSA) is 316 Å². The summed E-state index contributed by atoms with van der Waals surface area (Å²) < 4.78 is 27.1. The van der Waals surface area contributed by atoms with E-state index >= 15 is 0 Å². The van der Waals surface area contributed by atoms with Crippen LogP contribution in [0.1, 0.15) is 112 Å². The number of hydrogen-bond donors (Lipinski definition) is 8. The first-order valence-electron chi connectivity index (χ1n) is 25.2. The minimum absolute atomic E-state index is 0.0286. The number of carbonyl (C=O) groups excluding carboxylic acids is 8. The minimum atomic E-state index is -1.21. The van der Waals surface area contributed by atoms with Crippen molar-refractivity contribution in [2.24, 2.45) is 11.3 Å². The first-order chi connectivity index (χ1) is 34.9. The molecule has 0 fully saturated rings. The normalized spacial score (nSPS) is 13.7. The van der Waals surface area contributed by atoms with Crippen LogP contribution in [0, 0.1) is 11.3 Å². The maximum atomic E-state index is 13.8. The Morgan fingerprint density at radius 2 is 1.22 bits per heavy atom. The molecule has 2 unspecified atom stereocenters. The fraction of sp³-hybridized carbons (Fsp3) is 0.667. The van der Waals surface area contributed by atoms with E-state index in [9.17, 15) is 48.3 Å². The van der Waals surface area contributed by atoms with Crippen LogP contribution in [0.3, 0.4) is 0 Å². The molecule has 1 aliphatic rings. The zero-order chi connectivity index (χ0) is 55.1. The van der Waals surface area contributed by atoms with Crippen molar-refractivity contribution in [1.29, 1.82) is 0 Å². The number of unbranched alkanes of at least 4 members (excludes halogenated alkanes) is 1. The molecule has 23 nitrogen and oxygen atoms in total. The number of alkyl carbamates (subject to hydrolysis) is 1. The SMILES string of the molecule is CC(C[C@H](Cc1ccc(O)c(NC(=O)C(CCCCNC(=O)CCOCCOCCNC(=O)CCOCCOCCNC(=O)CC(=O)O)NC(=O)CCCN2C(=O)C=CC2=O)c1)NC(=O)OC(C)(C)C)C(C)(C)C. The van der Waals surface area contributed by atoms with Crippen LogP contribution >= 0.6 is 0 Å². The summed E-state index contributed by atoms with van der Waals surface area (Å²) in [5, 5.41) is 35.8. The van der Waals surface area contributed by atoms with Gasteiger partial charge in [-0.15, -0.1) is 0 Å². The molecule has 1 aliphatic heterocycles. The Morgan fingerprint density at radius 3 is 1.77 bits per heavy atom. The number of amides is 8. The van der Waals surface area contributed by atoms with Crippen molar-refractivity contribution in [3.05, 3.63) is 35.9 Å². The first-order valence-corrected chi connectivity index (χ1v) is 25.2. The standard InChI is InChI=1S/C51H81N7O16/c1-35(50(2,3)4)31-37(55-49(69)74-51(5,6)7)32-36-13-14-40(59)39(33-36)57-48(68)38(56-43(62)12-10-22-58-45(64)15-16-46(58)65)11-8-9-19-52-41(60)17-23-70-27-29-72-25-20-53-42(61)18-24-71-28-30-73-26-21-54-44(63)34-47(66)67/h13-16,33,35,37-38,59H,8-12,17-32,34H2,1-7H3,(H,52,60)(H,53,61)(H,54,63)(H,55,69)(H,56,62)(H,57,68)(H,66,67)/t35?,37-,38?/m1/s1. The fourth-order valence-corrected chi connectivity index (χ4v) is 6.92. The van der Waals surface area contributed by atoms with E-state index in [1.165, 1.54) is 6.07 Å². The van der Waals surface area contributed by atoms with E-state index in [2.05, 4.69) is 59.6 Å². The summed E-state index contributed by atoms with van der Waals surface area (Å²) in [7, 11) is 0. The van der Waals surface area contributed by atoms with Gasteiger partial charge in [-0.25, -0.2) is 4.79 Å². The lowest BCUT2D eigenvalue weighted by molar-refractivity contribution is -0.141. The molecule has 1 heterocycles. The zero-order valence-corrected chi connectivity index (χ0v) is 44.2. The van der Waals surface area contributed by atoms with Crippen molar-refractivity contribution in [3.8, 4) is 5.75 Å². The molecule has 0 spiro atoms. The van der Waals surface area contributed by atoms with Crippen molar-refractivity contribution in [2.75, 3.05) is 84.4 Å². The van der Waals surface area contributed by atoms with Crippen LogP contribution in [0.2, 0.25) is 0 Å². The Kier molecular flexibility index (Phi) is 29.7. The van der Waals surface area contributed by atoms with E-state index in [4.69, 9.17) is 28.8 Å². The summed E-state index contributed by atoms with van der Waals surface area (Å²) in [5.74, 6) is -4.28. The largest absolute Gasteiger partial charge is 0.506 e. The second-order valence-corrected chi connectivity index (χ2v) is 19.8. The van der Waals surface area contributed by atoms with Gasteiger partial charge in [-0.3, -0.25) is 43.3 Å². The highest BCUT2D eigenvalue weighted by Crippen LogP contribution is 2.31. The number of nitrogens with zero attached hydrogens (tertiary/aromatic N) is 1. The number of hydrogen-bond acceptors (Lipinski definition) is 15. The third-order valence-electron chi connectivity index (χ3n) is 11.4. The average Bonchev–Trinajstić information content (AvgIpc) is 3.62. The number of phenolic OH excluding ortho intramolecular Hbond substituents is 1. The van der Waals surface area contributed by atoms with Gasteiger partial charge in [0.25, 0.3) is 11.8 Å². The number of rotatable bonds is 37. The van der Waals surface area contributed by atoms with E-state index in [1.807, 2.05) is 0 Å². The molecular formula is C51H81N7O16. The van der Waals surface area contributed by atoms with Crippen molar-refractivity contribution in [3.63, 3.8) is 0 Å². The first kappa shape index (κ1) is 63.9. The molecule has 74 heavy (non-hydrogen) atoms. The number of nitrogens with one attached hydrogen (secondary N) is 6. The maximum absolute atomic E-state index is 13.8. The monoisotopic (exact) mass is 1050 g/mol. The van der Waals surface area contributed by atoms with E-state index in [0.29, 0.717) is 32.2 Å². The highest BCUT2D eigenvalue weighted by molar-refractivity contribution is 6.12. The van der Waals surface area contributed by atoms with Crippen LogP contribution in [0.4, 0.5) is 10.5 Å². The quantitative estimate of drug-likeness (QED) is 0.0206. The van der Waals surface area contributed by atoms with Gasteiger partial charge in [-0.05, 0) is 88.3 Å². The molecule has 3 atom stereocenters. The average molecular weight is 1050 g/mol. The van der Waals surface area contributed by atoms with Crippen molar-refractivity contribution < 1.29 is 77.0 Å². The number of aliphatic carboxylic acids is 1. The summed E-state index contributed by atoms with van der Waals surface area (Å²) in [4.78, 5) is 111. The van der Waals surface area contributed by atoms with Gasteiger partial charge < -0.3 is 65.8 Å². The van der Waals surface area contributed by atoms with Crippen LogP contribution in [0.15, 0.2) is 30.4 Å². The number of aromatic hydroxyl groups is 1. The molecule has 0 radical (unpaired) electrons. The number of benzene rings is 1. The van der Waals surface area contributed by atoms with E-state index < -0.39 is 59.7 Å². The number of ether oxygens (including phenoxy) is 5. The van der Waals surface area contributed by atoms with Gasteiger partial charge in [0.1, 0.15) is 23.8 Å². The Labute approximate surface area is 434 Å². The Bertz CT molecular complexity index is 2000. The fourth-order valence-electron chi connectivity index (χ4n) is 6.92. The predicted molar refractivity (Wildman–Crippen MR) is 272 cm³/mol. The second kappa shape index (κ2) is 34.3. The van der Waals surface area contributed by atoms with Gasteiger partial charge >= 0.3 is 12.1 Å². The molecule has 0 bridgehead atoms. The lowest BCUT2D eigenvalue weighted by Crippen LogP contribution is -2.44. The van der Waals surface area contributed by atoms with Crippen molar-refractivity contribution in [1.82, 2.24) is 31.5 Å². The summed E-state index contributed by atoms with van der Waals surface area (Å²) >= 11 is 0. The van der Waals surface area contributed by atoms with Gasteiger partial charge in [0, 0.05) is 63.6 Å². The molecule has 0 aromatic heterocycles.